The van der Waals surface area contributed by atoms with Crippen LogP contribution in [-0.2, 0) is 6.42 Å². The van der Waals surface area contributed by atoms with Gasteiger partial charge in [0.15, 0.2) is 5.78 Å². The Balaban J connectivity index is 1.67. The van der Waals surface area contributed by atoms with Gasteiger partial charge in [-0.1, -0.05) is 13.8 Å². The first kappa shape index (κ1) is 19.7. The van der Waals surface area contributed by atoms with Gasteiger partial charge in [0.25, 0.3) is 0 Å². The van der Waals surface area contributed by atoms with E-state index < -0.39 is 0 Å². The van der Waals surface area contributed by atoms with Gasteiger partial charge < -0.3 is 0 Å². The van der Waals surface area contributed by atoms with Gasteiger partial charge in [-0.05, 0) is 84.9 Å². The Hall–Kier alpha value is -2.62. The topological polar surface area (TPSA) is 42.9 Å². The number of fused-ring (bicyclic) bond motifs is 1. The van der Waals surface area contributed by atoms with Crippen molar-refractivity contribution in [2.75, 3.05) is 0 Å². The number of hydrogen-bond acceptors (Lipinski definition) is 3. The number of benzene rings is 1. The Kier molecular flexibility index (Phi) is 5.44. The van der Waals surface area contributed by atoms with Crippen molar-refractivity contribution in [3.05, 3.63) is 70.9 Å². The van der Waals surface area contributed by atoms with Crippen LogP contribution in [0.3, 0.4) is 0 Å². The largest absolute Gasteiger partial charge is 0.294 e. The first-order chi connectivity index (χ1) is 13.9. The summed E-state index contributed by atoms with van der Waals surface area (Å²) in [6.07, 6.45) is 9.15. The minimum absolute atomic E-state index is 0.0440. The number of pyridine rings is 2. The van der Waals surface area contributed by atoms with Crippen LogP contribution in [0.5, 0.6) is 0 Å². The Bertz CT molecular complexity index is 1050. The van der Waals surface area contributed by atoms with Gasteiger partial charge in [-0.25, -0.2) is 4.39 Å². The van der Waals surface area contributed by atoms with Crippen LogP contribution >= 0.6 is 0 Å². The highest BCUT2D eigenvalue weighted by Crippen LogP contribution is 2.40. The molecule has 2 aromatic heterocycles. The van der Waals surface area contributed by atoms with E-state index in [1.54, 1.807) is 18.3 Å². The van der Waals surface area contributed by atoms with E-state index in [-0.39, 0.29) is 18.0 Å². The van der Waals surface area contributed by atoms with Crippen molar-refractivity contribution in [2.24, 2.45) is 11.8 Å². The first-order valence-corrected chi connectivity index (χ1v) is 10.4. The van der Waals surface area contributed by atoms with E-state index in [4.69, 9.17) is 0 Å². The molecule has 0 bridgehead atoms. The number of rotatable bonds is 4. The number of ketones is 1. The predicted octanol–water partition coefficient (Wildman–Crippen LogP) is 6.04. The number of nitrogens with zero attached hydrogens (tertiary/aromatic N) is 2. The summed E-state index contributed by atoms with van der Waals surface area (Å²) in [5.74, 6) is 1.45. The lowest BCUT2D eigenvalue weighted by molar-refractivity contribution is 0.0993. The fourth-order valence-corrected chi connectivity index (χ4v) is 4.97. The molecule has 4 rings (SSSR count). The van der Waals surface area contributed by atoms with Crippen LogP contribution in [0.1, 0.15) is 66.1 Å². The number of aromatic nitrogens is 2. The molecule has 29 heavy (non-hydrogen) atoms. The molecule has 0 amide bonds. The zero-order valence-corrected chi connectivity index (χ0v) is 17.3. The maximum Gasteiger partial charge on any atom is 0.169 e. The van der Waals surface area contributed by atoms with Crippen molar-refractivity contribution >= 4 is 16.7 Å². The Morgan fingerprint density at radius 1 is 1.10 bits per heavy atom. The summed E-state index contributed by atoms with van der Waals surface area (Å²) >= 11 is 0. The molecule has 0 aliphatic heterocycles. The number of aryl methyl sites for hydroxylation is 1. The van der Waals surface area contributed by atoms with Crippen molar-refractivity contribution in [1.82, 2.24) is 9.97 Å². The van der Waals surface area contributed by atoms with Crippen molar-refractivity contribution in [3.8, 4) is 0 Å². The van der Waals surface area contributed by atoms with Gasteiger partial charge in [0.05, 0.1) is 5.52 Å². The minimum atomic E-state index is -0.347. The Morgan fingerprint density at radius 3 is 2.62 bits per heavy atom. The smallest absolute Gasteiger partial charge is 0.169 e. The monoisotopic (exact) mass is 390 g/mol. The van der Waals surface area contributed by atoms with E-state index >= 15 is 0 Å². The summed E-state index contributed by atoms with van der Waals surface area (Å²) in [4.78, 5) is 21.8. The maximum atomic E-state index is 14.3. The van der Waals surface area contributed by atoms with Gasteiger partial charge in [0, 0.05) is 36.0 Å². The summed E-state index contributed by atoms with van der Waals surface area (Å²) in [7, 11) is 0. The lowest BCUT2D eigenvalue weighted by Gasteiger charge is -2.32. The molecule has 0 spiro atoms. The van der Waals surface area contributed by atoms with Crippen LogP contribution in [0.4, 0.5) is 4.39 Å². The van der Waals surface area contributed by atoms with Crippen molar-refractivity contribution in [3.63, 3.8) is 0 Å². The van der Waals surface area contributed by atoms with E-state index in [0.29, 0.717) is 34.2 Å². The average Bonchev–Trinajstić information content (AvgIpc) is 2.68. The summed E-state index contributed by atoms with van der Waals surface area (Å²) in [5, 5.41) is 0.400. The first-order valence-electron chi connectivity index (χ1n) is 10.4. The second kappa shape index (κ2) is 8.02. The average molecular weight is 391 g/mol. The van der Waals surface area contributed by atoms with E-state index in [1.807, 2.05) is 19.3 Å². The highest BCUT2D eigenvalue weighted by atomic mass is 19.1. The van der Waals surface area contributed by atoms with Crippen LogP contribution in [0.25, 0.3) is 10.9 Å². The molecule has 1 aliphatic rings. The molecule has 3 aromatic rings. The van der Waals surface area contributed by atoms with E-state index in [9.17, 15) is 9.18 Å². The molecule has 1 fully saturated rings. The molecule has 4 heteroatoms. The standard InChI is InChI=1S/C25H27FN2O/c1-15-8-16(2)10-18(9-15)20-6-7-27-14-19(20)12-24(29)21-4-5-23(26)22-11-17(3)13-28-25(21)22/h4-7,11,13-16,18H,8-10,12H2,1-3H3/t15-,16+,18?. The van der Waals surface area contributed by atoms with Crippen LogP contribution < -0.4 is 0 Å². The lowest BCUT2D eigenvalue weighted by Crippen LogP contribution is -2.20. The minimum Gasteiger partial charge on any atom is -0.294 e. The van der Waals surface area contributed by atoms with E-state index in [2.05, 4.69) is 29.9 Å². The summed E-state index contributed by atoms with van der Waals surface area (Å²) in [6.45, 7) is 6.49. The van der Waals surface area contributed by atoms with Crippen LogP contribution in [0.15, 0.2) is 42.9 Å². The third kappa shape index (κ3) is 4.07. The number of halogens is 1. The third-order valence-electron chi connectivity index (χ3n) is 6.14. The lowest BCUT2D eigenvalue weighted by atomic mass is 9.73. The molecule has 1 saturated carbocycles. The molecule has 150 valence electrons. The van der Waals surface area contributed by atoms with Gasteiger partial charge in [-0.15, -0.1) is 0 Å². The van der Waals surface area contributed by atoms with Gasteiger partial charge in [-0.2, -0.15) is 0 Å². The normalized spacial score (nSPS) is 22.0. The quantitative estimate of drug-likeness (QED) is 0.510. The van der Waals surface area contributed by atoms with Gasteiger partial charge >= 0.3 is 0 Å². The van der Waals surface area contributed by atoms with Crippen molar-refractivity contribution < 1.29 is 9.18 Å². The molecular weight excluding hydrogens is 363 g/mol. The second-order valence-electron chi connectivity index (χ2n) is 8.79. The summed E-state index contributed by atoms with van der Waals surface area (Å²) in [6, 6.07) is 6.74. The molecule has 0 N–H and O–H groups in total. The summed E-state index contributed by atoms with van der Waals surface area (Å²) in [5.41, 5.74) is 4.00. The maximum absolute atomic E-state index is 14.3. The fourth-order valence-electron chi connectivity index (χ4n) is 4.97. The van der Waals surface area contributed by atoms with Gasteiger partial charge in [-0.3, -0.25) is 14.8 Å². The van der Waals surface area contributed by atoms with Crippen LogP contribution in [-0.4, -0.2) is 15.8 Å². The van der Waals surface area contributed by atoms with E-state index in [0.717, 1.165) is 24.0 Å². The van der Waals surface area contributed by atoms with Gasteiger partial charge in [0.1, 0.15) is 5.82 Å². The third-order valence-corrected chi connectivity index (χ3v) is 6.14. The molecule has 1 aromatic carbocycles. The summed E-state index contributed by atoms with van der Waals surface area (Å²) < 4.78 is 14.3. The van der Waals surface area contributed by atoms with Gasteiger partial charge in [0.2, 0.25) is 0 Å². The molecule has 3 atom stereocenters. The molecule has 1 aliphatic carbocycles. The number of hydrogen-bond donors (Lipinski definition) is 0. The number of Topliss-reactive ketones (excluding diaryl/α,β-unsaturated/α-hetero) is 1. The zero-order chi connectivity index (χ0) is 20.5. The fraction of sp³-hybridized carbons (Fsp3) is 0.400. The number of carbonyl (C=O) groups is 1. The van der Waals surface area contributed by atoms with Crippen LogP contribution in [0.2, 0.25) is 0 Å². The molecule has 0 radical (unpaired) electrons. The SMILES string of the molecule is Cc1cnc2c(C(=O)Cc3cnccc3C3C[C@@H](C)C[C@@H](C)C3)ccc(F)c2c1. The molecular formula is C25H27FN2O. The Labute approximate surface area is 171 Å². The predicted molar refractivity (Wildman–Crippen MR) is 114 cm³/mol. The number of carbonyl (C=O) groups excluding carboxylic acids is 1. The van der Waals surface area contributed by atoms with Crippen molar-refractivity contribution in [2.45, 2.75) is 52.4 Å². The Morgan fingerprint density at radius 2 is 1.86 bits per heavy atom. The highest BCUT2D eigenvalue weighted by molar-refractivity contribution is 6.07. The van der Waals surface area contributed by atoms with E-state index in [1.165, 1.54) is 18.1 Å². The highest BCUT2D eigenvalue weighted by Gasteiger charge is 2.27. The van der Waals surface area contributed by atoms with Crippen molar-refractivity contribution in [1.29, 1.82) is 0 Å². The molecule has 2 heterocycles. The molecule has 3 nitrogen and oxygen atoms in total. The van der Waals surface area contributed by atoms with Crippen LogP contribution in [0, 0.1) is 24.6 Å². The molecule has 1 unspecified atom stereocenters. The zero-order valence-electron chi connectivity index (χ0n) is 17.3. The molecule has 0 saturated heterocycles. The second-order valence-corrected chi connectivity index (χ2v) is 8.79.